The lowest BCUT2D eigenvalue weighted by molar-refractivity contribution is -0.136. The molecule has 330 valence electrons. The molecule has 0 heterocycles. The Hall–Kier alpha value is -5.38. The number of nitrogens with zero attached hydrogens (tertiary/aromatic N) is 3. The minimum atomic E-state index is -1.55. The van der Waals surface area contributed by atoms with Crippen molar-refractivity contribution >= 4 is 41.4 Å². The van der Waals surface area contributed by atoms with Crippen molar-refractivity contribution in [1.29, 1.82) is 0 Å². The lowest BCUT2D eigenvalue weighted by atomic mass is 10.0. The maximum Gasteiger partial charge on any atom is 0.243 e. The summed E-state index contributed by atoms with van der Waals surface area (Å²) in [7, 11) is 0. The molecule has 1 aromatic rings. The maximum absolute atomic E-state index is 14.0. The fraction of sp³-hybridized carbons (Fsp3) is 0.649. The van der Waals surface area contributed by atoms with E-state index in [1.807, 2.05) is 19.9 Å². The van der Waals surface area contributed by atoms with Crippen LogP contribution in [0.5, 0.6) is 0 Å². The molecule has 1 aromatic carbocycles. The second-order valence-corrected chi connectivity index (χ2v) is 13.8. The van der Waals surface area contributed by atoms with Crippen LogP contribution in [-0.4, -0.2) is 144 Å². The fourth-order valence-electron chi connectivity index (χ4n) is 5.41. The van der Waals surface area contributed by atoms with Crippen LogP contribution in [0.4, 0.5) is 0 Å². The first-order chi connectivity index (χ1) is 28.3. The van der Waals surface area contributed by atoms with Gasteiger partial charge in [-0.05, 0) is 23.4 Å². The third-order valence-corrected chi connectivity index (χ3v) is 8.20. The molecule has 0 radical (unpaired) electrons. The van der Waals surface area contributed by atoms with Crippen LogP contribution in [-0.2, 0) is 44.7 Å². The molecule has 22 nitrogen and oxygen atoms in total. The average molecular weight is 833 g/mol. The molecule has 22 heteroatoms. The van der Waals surface area contributed by atoms with Gasteiger partial charge >= 0.3 is 0 Å². The van der Waals surface area contributed by atoms with Gasteiger partial charge in [0.05, 0.1) is 26.1 Å². The van der Waals surface area contributed by atoms with Gasteiger partial charge in [0.1, 0.15) is 24.2 Å². The summed E-state index contributed by atoms with van der Waals surface area (Å²) < 4.78 is 5.36. The minimum Gasteiger partial charge on any atom is -0.379 e. The molecule has 7 amide bonds. The van der Waals surface area contributed by atoms with E-state index in [0.717, 1.165) is 12.5 Å². The number of benzene rings is 1. The van der Waals surface area contributed by atoms with Gasteiger partial charge in [0.25, 0.3) is 0 Å². The fourth-order valence-corrected chi connectivity index (χ4v) is 5.41. The van der Waals surface area contributed by atoms with Crippen LogP contribution in [0.25, 0.3) is 10.4 Å². The Labute approximate surface area is 345 Å². The highest BCUT2D eigenvalue weighted by atomic mass is 16.5. The van der Waals surface area contributed by atoms with Gasteiger partial charge in [0, 0.05) is 83.7 Å². The van der Waals surface area contributed by atoms with E-state index >= 15 is 0 Å². The summed E-state index contributed by atoms with van der Waals surface area (Å²) in [5.74, 6) is -4.94. The summed E-state index contributed by atoms with van der Waals surface area (Å²) in [5.41, 5.74) is 20.1. The molecule has 0 saturated heterocycles. The van der Waals surface area contributed by atoms with Crippen molar-refractivity contribution < 1.29 is 38.3 Å². The third-order valence-electron chi connectivity index (χ3n) is 8.20. The molecule has 59 heavy (non-hydrogen) atoms. The van der Waals surface area contributed by atoms with Crippen LogP contribution in [0.3, 0.4) is 0 Å². The number of carbonyl (C=O) groups excluding carboxylic acids is 7. The summed E-state index contributed by atoms with van der Waals surface area (Å²) in [6.07, 6.45) is -0.800. The number of ether oxygens (including phenoxy) is 1. The lowest BCUT2D eigenvalue weighted by Gasteiger charge is -2.27. The van der Waals surface area contributed by atoms with Gasteiger partial charge < -0.3 is 64.1 Å². The molecule has 13 N–H and O–H groups in total. The Kier molecular flexibility index (Phi) is 27.7. The number of nitrogens with two attached hydrogens (primary N) is 2. The summed E-state index contributed by atoms with van der Waals surface area (Å²) >= 11 is 0. The SMILES string of the molecule is CC(=O)N[C@H](CC(=O)NCCNCCN)C(=O)N[C@@H](CC(=O)NCCNCCN)C(=O)NC(CC(C)C)C(=O)N[C@@H](Cc1ccccc1)C(=O)NCCOCCN=[N+]=[N-]. The topological polar surface area (TPSA) is 338 Å². The lowest BCUT2D eigenvalue weighted by Crippen LogP contribution is -2.59. The zero-order valence-electron chi connectivity index (χ0n) is 34.3. The predicted molar refractivity (Wildman–Crippen MR) is 220 cm³/mol. The van der Waals surface area contributed by atoms with Gasteiger partial charge in [0.15, 0.2) is 0 Å². The second-order valence-electron chi connectivity index (χ2n) is 13.8. The number of azide groups is 1. The van der Waals surface area contributed by atoms with E-state index in [2.05, 4.69) is 57.9 Å². The number of hydrogen-bond donors (Lipinski definition) is 11. The molecule has 0 aliphatic carbocycles. The molecule has 4 atom stereocenters. The Morgan fingerprint density at radius 3 is 1.71 bits per heavy atom. The normalized spacial score (nSPS) is 12.8. The van der Waals surface area contributed by atoms with Gasteiger partial charge in [0.2, 0.25) is 41.4 Å². The largest absolute Gasteiger partial charge is 0.379 e. The van der Waals surface area contributed by atoms with Gasteiger partial charge in [-0.1, -0.05) is 49.3 Å². The Morgan fingerprint density at radius 1 is 0.661 bits per heavy atom. The van der Waals surface area contributed by atoms with Crippen LogP contribution in [0.1, 0.15) is 45.6 Å². The van der Waals surface area contributed by atoms with Gasteiger partial charge in [-0.2, -0.15) is 0 Å². The van der Waals surface area contributed by atoms with E-state index in [1.54, 1.807) is 24.3 Å². The molecule has 1 rings (SSSR count). The van der Waals surface area contributed by atoms with Gasteiger partial charge in [-0.3, -0.25) is 33.6 Å². The highest BCUT2D eigenvalue weighted by Crippen LogP contribution is 2.09. The molecule has 0 aliphatic rings. The first-order valence-electron chi connectivity index (χ1n) is 19.7. The van der Waals surface area contributed by atoms with Crippen LogP contribution in [0.2, 0.25) is 0 Å². The smallest absolute Gasteiger partial charge is 0.243 e. The highest BCUT2D eigenvalue weighted by molar-refractivity contribution is 5.98. The van der Waals surface area contributed by atoms with Crippen molar-refractivity contribution in [2.75, 3.05) is 78.7 Å². The molecular formula is C37H64N14O8. The molecular weight excluding hydrogens is 768 g/mol. The van der Waals surface area contributed by atoms with Crippen LogP contribution >= 0.6 is 0 Å². The minimum absolute atomic E-state index is 0.0993. The first kappa shape index (κ1) is 51.6. The average Bonchev–Trinajstić information content (AvgIpc) is 3.19. The number of nitrogens with one attached hydrogen (secondary N) is 9. The van der Waals surface area contributed by atoms with E-state index in [9.17, 15) is 33.6 Å². The summed E-state index contributed by atoms with van der Waals surface area (Å²) in [5, 5.41) is 27.8. The predicted octanol–water partition coefficient (Wildman–Crippen LogP) is -3.21. The molecule has 0 fully saturated rings. The van der Waals surface area contributed by atoms with E-state index in [0.29, 0.717) is 39.3 Å². The van der Waals surface area contributed by atoms with Crippen molar-refractivity contribution in [2.45, 2.75) is 70.6 Å². The quantitative estimate of drug-likeness (QED) is 0.0148. The van der Waals surface area contributed by atoms with E-state index in [4.69, 9.17) is 21.7 Å². The van der Waals surface area contributed by atoms with E-state index in [-0.39, 0.29) is 58.2 Å². The maximum atomic E-state index is 14.0. The van der Waals surface area contributed by atoms with Crippen molar-refractivity contribution in [2.24, 2.45) is 22.5 Å². The zero-order chi connectivity index (χ0) is 43.8. The summed E-state index contributed by atoms with van der Waals surface area (Å²) in [6, 6.07) is 3.73. The van der Waals surface area contributed by atoms with Crippen LogP contribution in [0.15, 0.2) is 35.4 Å². The summed E-state index contributed by atoms with van der Waals surface area (Å²) in [4.78, 5) is 95.4. The Balaban J connectivity index is 3.28. The Morgan fingerprint density at radius 2 is 1.19 bits per heavy atom. The highest BCUT2D eigenvalue weighted by Gasteiger charge is 2.33. The molecule has 0 spiro atoms. The van der Waals surface area contributed by atoms with E-state index in [1.165, 1.54) is 0 Å². The van der Waals surface area contributed by atoms with Gasteiger partial charge in [-0.25, -0.2) is 0 Å². The molecule has 1 unspecified atom stereocenters. The third kappa shape index (κ3) is 24.9. The first-order valence-corrected chi connectivity index (χ1v) is 19.7. The molecule has 0 aromatic heterocycles. The molecule has 0 saturated carbocycles. The Bertz CT molecular complexity index is 1500. The standard InChI is InChI=1S/C37H64N14O8/c1-25(2)21-28(35(56)49-29(22-27-7-5-4-6-8-27)34(55)45-17-19-59-20-18-46-51-40)48-37(58)31(24-33(54)44-16-14-42-12-10-39)50-36(57)30(47-26(3)52)23-32(53)43-15-13-41-11-9-38/h4-8,25,28-31,41-42H,9-24,38-39H2,1-3H3,(H,43,53)(H,44,54)(H,45,55)(H,47,52)(H,48,58)(H,49,56)(H,50,57)/t28?,29-,30+,31-/m0/s1. The molecule has 0 bridgehead atoms. The van der Waals surface area contributed by atoms with Crippen LogP contribution < -0.4 is 59.3 Å². The van der Waals surface area contributed by atoms with Crippen molar-refractivity contribution in [3.05, 3.63) is 46.3 Å². The number of rotatable bonds is 32. The van der Waals surface area contributed by atoms with E-state index < -0.39 is 78.4 Å². The molecule has 0 aliphatic heterocycles. The zero-order valence-corrected chi connectivity index (χ0v) is 34.3. The van der Waals surface area contributed by atoms with Gasteiger partial charge in [-0.15, -0.1) is 0 Å². The van der Waals surface area contributed by atoms with Crippen molar-refractivity contribution in [1.82, 2.24) is 47.9 Å². The number of carbonyl (C=O) groups is 7. The van der Waals surface area contributed by atoms with Crippen molar-refractivity contribution in [3.8, 4) is 0 Å². The van der Waals surface area contributed by atoms with Crippen molar-refractivity contribution in [3.63, 3.8) is 0 Å². The number of amides is 7. The second kappa shape index (κ2) is 31.6. The van der Waals surface area contributed by atoms with Crippen LogP contribution in [0, 0.1) is 5.92 Å². The summed E-state index contributed by atoms with van der Waals surface area (Å²) in [6.45, 7) is 8.37. The number of hydrogen-bond acceptors (Lipinski definition) is 13. The monoisotopic (exact) mass is 833 g/mol.